The summed E-state index contributed by atoms with van der Waals surface area (Å²) >= 11 is 0. The van der Waals surface area contributed by atoms with Gasteiger partial charge in [-0.2, -0.15) is 9.59 Å². The molecule has 1 aliphatic rings. The van der Waals surface area contributed by atoms with Crippen LogP contribution >= 0.6 is 0 Å². The largest absolute Gasteiger partial charge is 0.538 e. The van der Waals surface area contributed by atoms with Gasteiger partial charge in [0.05, 0.1) is 0 Å². The Bertz CT molecular complexity index is 828. The van der Waals surface area contributed by atoms with Crippen molar-refractivity contribution in [3.05, 3.63) is 47.8 Å². The van der Waals surface area contributed by atoms with Crippen molar-refractivity contribution in [3.8, 4) is 0 Å². The molecule has 1 heterocycles. The van der Waals surface area contributed by atoms with Gasteiger partial charge in [-0.05, 0) is 33.3 Å². The first-order valence-corrected chi connectivity index (χ1v) is 9.11. The number of aliphatic imine (C=N–C) groups is 1. The SMILES string of the molecule is C[C@H](CC1=C[N+](C(=O)O)(C(=O)OCc2ccccc2)C=N1)NC(=O)OC(C)(C)C. The zero-order chi connectivity index (χ0) is 21.7. The molecule has 0 fully saturated rings. The minimum Gasteiger partial charge on any atom is -0.444 e. The van der Waals surface area contributed by atoms with Crippen LogP contribution in [0.3, 0.4) is 0 Å². The number of nitrogens with zero attached hydrogens (tertiary/aromatic N) is 2. The quantitative estimate of drug-likeness (QED) is 0.717. The van der Waals surface area contributed by atoms with E-state index in [2.05, 4.69) is 10.3 Å². The van der Waals surface area contributed by atoms with Crippen molar-refractivity contribution < 1.29 is 33.4 Å². The molecule has 2 rings (SSSR count). The van der Waals surface area contributed by atoms with Crippen LogP contribution in [0.25, 0.3) is 0 Å². The normalized spacial score (nSPS) is 19.2. The summed E-state index contributed by atoms with van der Waals surface area (Å²) in [6.07, 6.45) is -0.584. The summed E-state index contributed by atoms with van der Waals surface area (Å²) < 4.78 is 9.17. The predicted molar refractivity (Wildman–Crippen MR) is 105 cm³/mol. The third kappa shape index (κ3) is 6.15. The number of imide groups is 1. The topological polar surface area (TPSA) is 114 Å². The van der Waals surface area contributed by atoms with E-state index >= 15 is 0 Å². The van der Waals surface area contributed by atoms with Gasteiger partial charge in [0.25, 0.3) is 0 Å². The van der Waals surface area contributed by atoms with Crippen molar-refractivity contribution in [2.75, 3.05) is 0 Å². The summed E-state index contributed by atoms with van der Waals surface area (Å²) in [6.45, 7) is 6.92. The monoisotopic (exact) mass is 404 g/mol. The molecule has 3 amide bonds. The maximum atomic E-state index is 12.5. The number of alkyl carbamates (subject to hydrolysis) is 1. The Labute approximate surface area is 169 Å². The molecule has 0 saturated carbocycles. The standard InChI is InChI=1S/C20H25N3O6/c1-14(22-17(24)29-20(2,3)4)10-16-11-23(13-21-16,18(25)26)19(27)28-12-15-8-6-5-7-9-15/h5-9,11,13-14H,10,12H2,1-4H3,(H-,22,24,25,26)/p+1/t14-,23?/m1/s1. The summed E-state index contributed by atoms with van der Waals surface area (Å²) in [7, 11) is 0. The molecule has 1 aliphatic heterocycles. The van der Waals surface area contributed by atoms with Crippen LogP contribution < -0.4 is 5.32 Å². The van der Waals surface area contributed by atoms with E-state index in [1.54, 1.807) is 52.0 Å². The van der Waals surface area contributed by atoms with Crippen LogP contribution in [0, 0.1) is 0 Å². The molecule has 0 bridgehead atoms. The number of nitrogens with one attached hydrogen (secondary N) is 1. The summed E-state index contributed by atoms with van der Waals surface area (Å²) in [5, 5.41) is 12.3. The van der Waals surface area contributed by atoms with Gasteiger partial charge in [0.15, 0.2) is 0 Å². The fourth-order valence-corrected chi connectivity index (χ4v) is 2.55. The molecule has 0 aromatic heterocycles. The molecular weight excluding hydrogens is 378 g/mol. The molecule has 9 heteroatoms. The van der Waals surface area contributed by atoms with E-state index in [-0.39, 0.29) is 19.1 Å². The number of ether oxygens (including phenoxy) is 2. The molecule has 9 nitrogen and oxygen atoms in total. The van der Waals surface area contributed by atoms with Gasteiger partial charge in [-0.25, -0.2) is 9.79 Å². The lowest BCUT2D eigenvalue weighted by molar-refractivity contribution is -0.621. The van der Waals surface area contributed by atoms with Crippen molar-refractivity contribution in [1.82, 2.24) is 5.32 Å². The molecule has 1 unspecified atom stereocenters. The first kappa shape index (κ1) is 22.1. The molecule has 0 radical (unpaired) electrons. The molecule has 0 spiro atoms. The van der Waals surface area contributed by atoms with E-state index < -0.39 is 28.4 Å². The second-order valence-corrected chi connectivity index (χ2v) is 7.72. The molecule has 0 aliphatic carbocycles. The zero-order valence-corrected chi connectivity index (χ0v) is 16.9. The van der Waals surface area contributed by atoms with E-state index in [9.17, 15) is 19.5 Å². The van der Waals surface area contributed by atoms with E-state index in [1.165, 1.54) is 6.20 Å². The first-order valence-electron chi connectivity index (χ1n) is 9.11. The van der Waals surface area contributed by atoms with Crippen LogP contribution in [0.15, 0.2) is 47.2 Å². The summed E-state index contributed by atoms with van der Waals surface area (Å²) in [6, 6.07) is 8.55. The van der Waals surface area contributed by atoms with E-state index in [0.29, 0.717) is 5.70 Å². The van der Waals surface area contributed by atoms with Crippen molar-refractivity contribution in [3.63, 3.8) is 0 Å². The van der Waals surface area contributed by atoms with Gasteiger partial charge in [0.2, 0.25) is 6.34 Å². The van der Waals surface area contributed by atoms with Crippen molar-refractivity contribution in [2.24, 2.45) is 4.99 Å². The third-order valence-electron chi connectivity index (χ3n) is 3.86. The van der Waals surface area contributed by atoms with Crippen molar-refractivity contribution in [2.45, 2.75) is 52.4 Å². The zero-order valence-electron chi connectivity index (χ0n) is 16.9. The maximum absolute atomic E-state index is 12.5. The number of carboxylic acid groups (broad SMARTS) is 1. The molecule has 29 heavy (non-hydrogen) atoms. The second-order valence-electron chi connectivity index (χ2n) is 7.72. The highest BCUT2D eigenvalue weighted by molar-refractivity contribution is 5.88. The molecule has 2 N–H and O–H groups in total. The number of amides is 3. The third-order valence-corrected chi connectivity index (χ3v) is 3.86. The first-order chi connectivity index (χ1) is 13.5. The van der Waals surface area contributed by atoms with Crippen LogP contribution in [0.5, 0.6) is 0 Å². The lowest BCUT2D eigenvalue weighted by atomic mass is 10.2. The highest BCUT2D eigenvalue weighted by Gasteiger charge is 2.49. The van der Waals surface area contributed by atoms with E-state index in [0.717, 1.165) is 11.9 Å². The molecular formula is C20H26N3O6+. The van der Waals surface area contributed by atoms with E-state index in [1.807, 2.05) is 6.07 Å². The summed E-state index contributed by atoms with van der Waals surface area (Å²) in [5.74, 6) is 0. The lowest BCUT2D eigenvalue weighted by Crippen LogP contribution is -2.50. The number of quaternary nitrogens is 1. The van der Waals surface area contributed by atoms with Gasteiger partial charge in [-0.3, -0.25) is 0 Å². The maximum Gasteiger partial charge on any atom is 0.538 e. The minimum absolute atomic E-state index is 0.0550. The second kappa shape index (κ2) is 8.87. The van der Waals surface area contributed by atoms with Crippen LogP contribution in [0.4, 0.5) is 14.4 Å². The van der Waals surface area contributed by atoms with Gasteiger partial charge in [-0.1, -0.05) is 34.8 Å². The van der Waals surface area contributed by atoms with Gasteiger partial charge in [0, 0.05) is 12.5 Å². The number of carbonyl (C=O) groups excluding carboxylic acids is 2. The Kier molecular flexibility index (Phi) is 6.76. The fourth-order valence-electron chi connectivity index (χ4n) is 2.55. The van der Waals surface area contributed by atoms with Crippen LogP contribution in [0.2, 0.25) is 0 Å². The van der Waals surface area contributed by atoms with Gasteiger partial charge in [-0.15, -0.1) is 0 Å². The molecule has 1 aromatic carbocycles. The average Bonchev–Trinajstić information content (AvgIpc) is 3.04. The van der Waals surface area contributed by atoms with Gasteiger partial charge < -0.3 is 19.9 Å². The lowest BCUT2D eigenvalue weighted by Gasteiger charge is -2.21. The number of rotatable bonds is 5. The minimum atomic E-state index is -1.44. The number of hydrogen-bond acceptors (Lipinski definition) is 6. The van der Waals surface area contributed by atoms with Crippen LogP contribution in [-0.2, 0) is 16.1 Å². The van der Waals surface area contributed by atoms with E-state index in [4.69, 9.17) is 9.47 Å². The molecule has 1 aromatic rings. The highest BCUT2D eigenvalue weighted by atomic mass is 16.6. The Hall–Kier alpha value is -3.20. The summed E-state index contributed by atoms with van der Waals surface area (Å²) in [5.41, 5.74) is 0.444. The molecule has 2 atom stereocenters. The van der Waals surface area contributed by atoms with Crippen molar-refractivity contribution >= 4 is 24.6 Å². The summed E-state index contributed by atoms with van der Waals surface area (Å²) in [4.78, 5) is 40.2. The van der Waals surface area contributed by atoms with Crippen molar-refractivity contribution in [1.29, 1.82) is 0 Å². The Morgan fingerprint density at radius 2 is 1.86 bits per heavy atom. The highest BCUT2D eigenvalue weighted by Crippen LogP contribution is 2.23. The predicted octanol–water partition coefficient (Wildman–Crippen LogP) is 4.00. The Morgan fingerprint density at radius 1 is 1.21 bits per heavy atom. The smallest absolute Gasteiger partial charge is 0.444 e. The molecule has 0 saturated heterocycles. The Balaban J connectivity index is 2.01. The number of hydrogen-bond donors (Lipinski definition) is 2. The Morgan fingerprint density at radius 3 is 2.45 bits per heavy atom. The average molecular weight is 404 g/mol. The van der Waals surface area contributed by atoms with Gasteiger partial charge in [0.1, 0.15) is 24.1 Å². The van der Waals surface area contributed by atoms with Crippen LogP contribution in [0.1, 0.15) is 39.7 Å². The molecule has 156 valence electrons. The fraction of sp³-hybridized carbons (Fsp3) is 0.400. The van der Waals surface area contributed by atoms with Gasteiger partial charge >= 0.3 is 18.3 Å². The number of carbonyl (C=O) groups is 3. The number of benzene rings is 1. The van der Waals surface area contributed by atoms with Crippen LogP contribution in [-0.4, -0.2) is 45.9 Å².